The Labute approximate surface area is 553 Å². The molecule has 0 bridgehead atoms. The van der Waals surface area contributed by atoms with Crippen LogP contribution in [0.2, 0.25) is 0 Å². The minimum absolute atomic E-state index is 0.321. The molecule has 4 aliphatic rings. The van der Waals surface area contributed by atoms with E-state index in [1.54, 1.807) is 0 Å². The first-order chi connectivity index (χ1) is 45.7. The summed E-state index contributed by atoms with van der Waals surface area (Å²) < 4.78 is 27.6. The van der Waals surface area contributed by atoms with Crippen molar-refractivity contribution < 1.29 is 28.5 Å². The molecular weight excluding hydrogens is 1160 g/mol. The second-order valence-electron chi connectivity index (χ2n) is 25.9. The molecule has 4 heterocycles. The number of esters is 2. The van der Waals surface area contributed by atoms with Crippen molar-refractivity contribution in [2.75, 3.05) is 45.8 Å². The number of fused-ring (bicyclic) bond motifs is 12. The summed E-state index contributed by atoms with van der Waals surface area (Å²) in [5.74, 6) is 1.95. The standard InChI is InChI=1S/C84H82N4O6/c1-11-16-46-87(74-52-70-76(48-56(74)8)91-78-50-62(85(14-4)72-32-24-18-26-54(72)6)42-44-68(78)83(70)66-30-22-20-28-64(66)80(89)93-83)60-38-34-58(35-39-60)82(10,13-3)59-36-40-61(41-37-59)88(47-17-12-2)75-53-71-77(49-57(75)9)92-79-51-63(86(15-5)73-33-25-19-27-55(73)7)43-45-69(79)84(71)67-31-23-21-29-65(67)81(90)94-84/h18-45,48-53H,11-17,46-47H2,1-10H3. The number of para-hydroxylation sites is 2. The molecular formula is C84H82N4O6. The predicted molar refractivity (Wildman–Crippen MR) is 380 cm³/mol. The van der Waals surface area contributed by atoms with E-state index < -0.39 is 11.2 Å². The molecule has 0 fully saturated rings. The van der Waals surface area contributed by atoms with Crippen LogP contribution in [0.25, 0.3) is 0 Å². The molecule has 0 amide bonds. The van der Waals surface area contributed by atoms with Crippen molar-refractivity contribution in [1.29, 1.82) is 0 Å². The Hall–Kier alpha value is -10.1. The highest BCUT2D eigenvalue weighted by atomic mass is 16.6. The average molecular weight is 1240 g/mol. The summed E-state index contributed by atoms with van der Waals surface area (Å²) in [6.45, 7) is 25.1. The fourth-order valence-electron chi connectivity index (χ4n) is 15.2. The van der Waals surface area contributed by atoms with Crippen molar-refractivity contribution in [2.45, 2.75) is 118 Å². The van der Waals surface area contributed by atoms with Crippen LogP contribution in [0.3, 0.4) is 0 Å². The fraction of sp³-hybridized carbons (Fsp3) is 0.262. The van der Waals surface area contributed by atoms with Crippen molar-refractivity contribution in [2.24, 2.45) is 0 Å². The highest BCUT2D eigenvalue weighted by molar-refractivity contribution is 5.98. The van der Waals surface area contributed by atoms with Crippen LogP contribution in [0.1, 0.15) is 161 Å². The lowest BCUT2D eigenvalue weighted by molar-refractivity contribution is 0.0214. The first kappa shape index (κ1) is 61.4. The number of ether oxygens (including phenoxy) is 4. The van der Waals surface area contributed by atoms with E-state index in [1.165, 1.54) is 22.3 Å². The van der Waals surface area contributed by atoms with Crippen LogP contribution < -0.4 is 29.1 Å². The van der Waals surface area contributed by atoms with Gasteiger partial charge in [-0.15, -0.1) is 0 Å². The van der Waals surface area contributed by atoms with E-state index in [4.69, 9.17) is 18.9 Å². The van der Waals surface area contributed by atoms with Gasteiger partial charge in [-0.1, -0.05) is 138 Å². The molecule has 2 spiro atoms. The van der Waals surface area contributed by atoms with Crippen LogP contribution in [0.5, 0.6) is 23.0 Å². The molecule has 10 aromatic carbocycles. The minimum Gasteiger partial charge on any atom is -0.456 e. The van der Waals surface area contributed by atoms with Gasteiger partial charge in [0.15, 0.2) is 11.2 Å². The van der Waals surface area contributed by atoms with Crippen LogP contribution in [0.15, 0.2) is 206 Å². The highest BCUT2D eigenvalue weighted by Crippen LogP contribution is 2.60. The Kier molecular flexibility index (Phi) is 16.0. The zero-order chi connectivity index (χ0) is 65.2. The van der Waals surface area contributed by atoms with E-state index in [2.05, 4.69) is 247 Å². The van der Waals surface area contributed by atoms with Gasteiger partial charge in [0.1, 0.15) is 23.0 Å². The number of rotatable bonds is 19. The zero-order valence-corrected chi connectivity index (χ0v) is 55.7. The molecule has 10 nitrogen and oxygen atoms in total. The van der Waals surface area contributed by atoms with Crippen molar-refractivity contribution in [3.05, 3.63) is 284 Å². The van der Waals surface area contributed by atoms with Gasteiger partial charge in [0.25, 0.3) is 0 Å². The van der Waals surface area contributed by atoms with Crippen LogP contribution in [0.4, 0.5) is 45.5 Å². The number of nitrogens with zero attached hydrogens (tertiary/aromatic N) is 4. The third-order valence-electron chi connectivity index (χ3n) is 20.5. The van der Waals surface area contributed by atoms with Crippen molar-refractivity contribution in [3.63, 3.8) is 0 Å². The first-order valence-corrected chi connectivity index (χ1v) is 33.7. The molecule has 0 saturated heterocycles. The van der Waals surface area contributed by atoms with Gasteiger partial charge in [-0.25, -0.2) is 9.59 Å². The maximum atomic E-state index is 14.2. The Morgan fingerprint density at radius 1 is 0.362 bits per heavy atom. The van der Waals surface area contributed by atoms with Gasteiger partial charge in [-0.3, -0.25) is 0 Å². The summed E-state index contributed by atoms with van der Waals surface area (Å²) in [4.78, 5) is 37.8. The minimum atomic E-state index is -1.24. The fourth-order valence-corrected chi connectivity index (χ4v) is 15.2. The number of anilines is 8. The number of carbonyl (C=O) groups is 2. The van der Waals surface area contributed by atoms with Crippen molar-refractivity contribution in [3.8, 4) is 23.0 Å². The molecule has 0 aliphatic carbocycles. The number of aryl methyl sites for hydroxylation is 4. The molecule has 10 heteroatoms. The Bertz CT molecular complexity index is 4310. The molecule has 2 unspecified atom stereocenters. The molecule has 0 saturated carbocycles. The predicted octanol–water partition coefficient (Wildman–Crippen LogP) is 21.0. The van der Waals surface area contributed by atoms with Gasteiger partial charge < -0.3 is 38.5 Å². The monoisotopic (exact) mass is 1240 g/mol. The number of carbonyl (C=O) groups excluding carboxylic acids is 2. The molecule has 4 aliphatic heterocycles. The van der Waals surface area contributed by atoms with Crippen LogP contribution in [0, 0.1) is 27.7 Å². The lowest BCUT2D eigenvalue weighted by Gasteiger charge is -2.39. The van der Waals surface area contributed by atoms with Gasteiger partial charge in [0.05, 0.1) is 11.1 Å². The lowest BCUT2D eigenvalue weighted by Crippen LogP contribution is -2.34. The van der Waals surface area contributed by atoms with Crippen LogP contribution in [-0.2, 0) is 26.1 Å². The van der Waals surface area contributed by atoms with Gasteiger partial charge in [-0.2, -0.15) is 0 Å². The average Bonchev–Trinajstić information content (AvgIpc) is 1.44. The number of benzene rings is 10. The van der Waals surface area contributed by atoms with E-state index in [9.17, 15) is 9.59 Å². The summed E-state index contributed by atoms with van der Waals surface area (Å²) in [5, 5.41) is 0. The second kappa shape index (κ2) is 24.4. The summed E-state index contributed by atoms with van der Waals surface area (Å²) in [7, 11) is 0. The summed E-state index contributed by atoms with van der Waals surface area (Å²) in [5.41, 5.74) is 18.5. The molecule has 94 heavy (non-hydrogen) atoms. The van der Waals surface area contributed by atoms with Crippen LogP contribution in [-0.4, -0.2) is 38.1 Å². The van der Waals surface area contributed by atoms with Crippen molar-refractivity contribution in [1.82, 2.24) is 0 Å². The maximum Gasteiger partial charge on any atom is 0.340 e. The number of hydrogen-bond donors (Lipinski definition) is 0. The molecule has 2 atom stereocenters. The molecule has 474 valence electrons. The Morgan fingerprint density at radius 3 is 1.12 bits per heavy atom. The normalized spacial score (nSPS) is 16.7. The Balaban J connectivity index is 0.791. The summed E-state index contributed by atoms with van der Waals surface area (Å²) >= 11 is 0. The third kappa shape index (κ3) is 9.89. The third-order valence-corrected chi connectivity index (χ3v) is 20.5. The van der Waals surface area contributed by atoms with Gasteiger partial charge >= 0.3 is 11.9 Å². The van der Waals surface area contributed by atoms with Gasteiger partial charge in [0.2, 0.25) is 0 Å². The van der Waals surface area contributed by atoms with E-state index in [0.29, 0.717) is 34.1 Å². The maximum absolute atomic E-state index is 14.2. The SMILES string of the molecule is CCCCN(c1ccc(C(C)(CC)c2ccc(N(CCCC)c3cc4c(cc3C)Oc3cc(N(CC)c5ccccc5C)ccc3C43OC(=O)c4ccccc43)cc2)cc1)c1cc2c(cc1C)Oc1cc(N(CC)c3ccccc3C)ccc1C21OC(=O)c2ccccc21. The molecule has 0 aromatic heterocycles. The van der Waals surface area contributed by atoms with E-state index >= 15 is 0 Å². The zero-order valence-electron chi connectivity index (χ0n) is 55.7. The van der Waals surface area contributed by atoms with Crippen molar-refractivity contribution >= 4 is 57.4 Å². The van der Waals surface area contributed by atoms with E-state index in [-0.39, 0.29) is 17.4 Å². The largest absolute Gasteiger partial charge is 0.456 e. The van der Waals surface area contributed by atoms with E-state index in [0.717, 1.165) is 148 Å². The summed E-state index contributed by atoms with van der Waals surface area (Å²) in [6, 6.07) is 72.2. The smallest absolute Gasteiger partial charge is 0.340 e. The summed E-state index contributed by atoms with van der Waals surface area (Å²) in [6.07, 6.45) is 4.83. The molecule has 0 N–H and O–H groups in total. The van der Waals surface area contributed by atoms with Gasteiger partial charge in [-0.05, 0) is 191 Å². The van der Waals surface area contributed by atoms with Gasteiger partial charge in [0, 0.05) is 123 Å². The lowest BCUT2D eigenvalue weighted by atomic mass is 9.74. The number of hydrogen-bond acceptors (Lipinski definition) is 10. The van der Waals surface area contributed by atoms with Crippen LogP contribution >= 0.6 is 0 Å². The Morgan fingerprint density at radius 2 is 0.734 bits per heavy atom. The first-order valence-electron chi connectivity index (χ1n) is 33.7. The quantitative estimate of drug-likeness (QED) is 0.0730. The second-order valence-corrected chi connectivity index (χ2v) is 25.9. The number of unbranched alkanes of at least 4 members (excludes halogenated alkanes) is 2. The molecule has 10 aromatic rings. The van der Waals surface area contributed by atoms with E-state index in [1.807, 2.05) is 48.5 Å². The molecule has 0 radical (unpaired) electrons. The highest BCUT2D eigenvalue weighted by Gasteiger charge is 2.56. The molecule has 14 rings (SSSR count). The topological polar surface area (TPSA) is 84.0 Å².